The van der Waals surface area contributed by atoms with Crippen LogP contribution < -0.4 is 16.4 Å². The van der Waals surface area contributed by atoms with Crippen molar-refractivity contribution < 1.29 is 57.8 Å². The second kappa shape index (κ2) is 33.9. The van der Waals surface area contributed by atoms with Crippen LogP contribution in [0.5, 0.6) is 0 Å². The van der Waals surface area contributed by atoms with Crippen LogP contribution in [0, 0.1) is 41.4 Å². The number of likely N-dealkylation sites (N-methyl/N-ethyl adjacent to an activating group) is 6. The standard InChI is InChI=1S/C57H103N9O12/c1-23-25-26-37(13)49(69)48(51(71)60-40(24-2)53(73)61(16)31-45(68)78-22)66(21)57(77)47(36(11)12)65(20)55(75)43(29-34(7)8)64(19)54(74)42(28-33(5)6)63(18)52(72)39(15)59-50(70)38(14)30-44(67)41(27-32(3)4)62(17)56(76)46(58)35(9)10/h23,25,32-43,46-49,69H,24,26-31,58H2,1-22H3,(H,59,70)(H,60,71)/b25-23+/t37-,38-,39-,40+,41+,42+,43+,46+,47+,48+,49-/m1/s1. The summed E-state index contributed by atoms with van der Waals surface area (Å²) >= 11 is 0. The Hall–Kier alpha value is -5.44. The lowest BCUT2D eigenvalue weighted by molar-refractivity contribution is -0.157. The Morgan fingerprint density at radius 1 is 0.564 bits per heavy atom. The second-order valence-corrected chi connectivity index (χ2v) is 23.4. The molecule has 0 saturated heterocycles. The van der Waals surface area contributed by atoms with E-state index in [9.17, 15) is 53.1 Å². The fourth-order valence-electron chi connectivity index (χ4n) is 9.34. The maximum absolute atomic E-state index is 15.0. The van der Waals surface area contributed by atoms with E-state index in [0.29, 0.717) is 12.8 Å². The Balaban J connectivity index is 6.97. The number of carbonyl (C=O) groups is 10. The Bertz CT molecular complexity index is 2050. The van der Waals surface area contributed by atoms with Crippen molar-refractivity contribution in [2.45, 2.75) is 197 Å². The van der Waals surface area contributed by atoms with E-state index in [-0.39, 0.29) is 67.6 Å². The number of rotatable bonds is 33. The first kappa shape index (κ1) is 72.6. The van der Waals surface area contributed by atoms with Crippen molar-refractivity contribution in [2.24, 2.45) is 47.2 Å². The Labute approximate surface area is 467 Å². The number of ketones is 1. The third-order valence-electron chi connectivity index (χ3n) is 14.5. The van der Waals surface area contributed by atoms with Crippen LogP contribution >= 0.6 is 0 Å². The first-order valence-corrected chi connectivity index (χ1v) is 27.8. The summed E-state index contributed by atoms with van der Waals surface area (Å²) in [7, 11) is 9.83. The van der Waals surface area contributed by atoms with Crippen LogP contribution in [-0.4, -0.2) is 204 Å². The normalized spacial score (nSPS) is 16.0. The highest BCUT2D eigenvalue weighted by Gasteiger charge is 2.45. The van der Waals surface area contributed by atoms with Gasteiger partial charge in [0.05, 0.1) is 25.3 Å². The molecule has 0 unspecified atom stereocenters. The summed E-state index contributed by atoms with van der Waals surface area (Å²) in [5, 5.41) is 17.3. The molecule has 0 spiro atoms. The molecule has 0 rings (SSSR count). The van der Waals surface area contributed by atoms with E-state index in [4.69, 9.17) is 10.5 Å². The van der Waals surface area contributed by atoms with Crippen molar-refractivity contribution in [3.8, 4) is 0 Å². The van der Waals surface area contributed by atoms with Crippen LogP contribution in [-0.2, 0) is 52.7 Å². The third kappa shape index (κ3) is 21.3. The van der Waals surface area contributed by atoms with Crippen molar-refractivity contribution in [2.75, 3.05) is 55.9 Å². The summed E-state index contributed by atoms with van der Waals surface area (Å²) in [6.07, 6.45) is 3.10. The lowest BCUT2D eigenvalue weighted by Gasteiger charge is -2.41. The van der Waals surface area contributed by atoms with Gasteiger partial charge in [-0.25, -0.2) is 0 Å². The van der Waals surface area contributed by atoms with Gasteiger partial charge < -0.3 is 55.6 Å². The van der Waals surface area contributed by atoms with E-state index in [1.807, 2.05) is 61.5 Å². The molecule has 21 heteroatoms. The number of carbonyl (C=O) groups excluding carboxylic acids is 10. The summed E-state index contributed by atoms with van der Waals surface area (Å²) in [5.74, 6) is -8.19. The Kier molecular flexibility index (Phi) is 31.5. The predicted octanol–water partition coefficient (Wildman–Crippen LogP) is 3.49. The average Bonchev–Trinajstić information content (AvgIpc) is 3.36. The van der Waals surface area contributed by atoms with Crippen LogP contribution in [0.15, 0.2) is 12.2 Å². The molecule has 0 aliphatic heterocycles. The highest BCUT2D eigenvalue weighted by Crippen LogP contribution is 2.25. The molecular weight excluding hydrogens is 1000 g/mol. The Morgan fingerprint density at radius 2 is 1.01 bits per heavy atom. The molecule has 0 saturated carbocycles. The van der Waals surface area contributed by atoms with Crippen LogP contribution in [0.2, 0.25) is 0 Å². The van der Waals surface area contributed by atoms with E-state index in [0.717, 1.165) is 9.80 Å². The number of Topliss-reactive ketones (excluding diaryl/α,β-unsaturated/α-hetero) is 1. The molecule has 0 aromatic heterocycles. The van der Waals surface area contributed by atoms with Gasteiger partial charge in [0.15, 0.2) is 5.78 Å². The fourth-order valence-corrected chi connectivity index (χ4v) is 9.34. The van der Waals surface area contributed by atoms with Gasteiger partial charge in [0.1, 0.15) is 42.8 Å². The van der Waals surface area contributed by atoms with Gasteiger partial charge in [-0.05, 0) is 81.5 Å². The molecule has 21 nitrogen and oxygen atoms in total. The molecule has 448 valence electrons. The molecule has 0 aromatic rings. The van der Waals surface area contributed by atoms with Gasteiger partial charge in [0.2, 0.25) is 47.3 Å². The van der Waals surface area contributed by atoms with Crippen LogP contribution in [0.4, 0.5) is 0 Å². The quantitative estimate of drug-likeness (QED) is 0.0542. The highest BCUT2D eigenvalue weighted by molar-refractivity contribution is 5.98. The fraction of sp³-hybridized carbons (Fsp3) is 0.789. The first-order valence-electron chi connectivity index (χ1n) is 27.8. The molecule has 0 aliphatic rings. The molecule has 0 heterocycles. The Morgan fingerprint density at radius 3 is 1.45 bits per heavy atom. The number of methoxy groups -OCH3 is 1. The molecule has 5 N–H and O–H groups in total. The van der Waals surface area contributed by atoms with E-state index in [2.05, 4.69) is 10.6 Å². The third-order valence-corrected chi connectivity index (χ3v) is 14.5. The minimum absolute atomic E-state index is 0.0503. The number of aliphatic hydroxyl groups is 1. The summed E-state index contributed by atoms with van der Waals surface area (Å²) in [4.78, 5) is 147. The molecular formula is C57H103N9O12. The molecule has 0 radical (unpaired) electrons. The smallest absolute Gasteiger partial charge is 0.325 e. The van der Waals surface area contributed by atoms with E-state index >= 15 is 0 Å². The number of amides is 8. The summed E-state index contributed by atoms with van der Waals surface area (Å²) < 4.78 is 4.70. The van der Waals surface area contributed by atoms with E-state index in [1.54, 1.807) is 54.7 Å². The second-order valence-electron chi connectivity index (χ2n) is 23.4. The molecule has 0 bridgehead atoms. The van der Waals surface area contributed by atoms with Crippen LogP contribution in [0.3, 0.4) is 0 Å². The van der Waals surface area contributed by atoms with E-state index < -0.39 is 120 Å². The number of nitrogens with two attached hydrogens (primary N) is 1. The first-order chi connectivity index (χ1) is 36.0. The maximum atomic E-state index is 15.0. The van der Waals surface area contributed by atoms with Crippen molar-refractivity contribution in [1.29, 1.82) is 0 Å². The number of ether oxygens (including phenoxy) is 1. The van der Waals surface area contributed by atoms with Crippen molar-refractivity contribution in [3.63, 3.8) is 0 Å². The van der Waals surface area contributed by atoms with Crippen LogP contribution in [0.25, 0.3) is 0 Å². The van der Waals surface area contributed by atoms with Gasteiger partial charge >= 0.3 is 5.97 Å². The average molecular weight is 1110 g/mol. The topological polar surface area (TPSA) is 270 Å². The number of nitrogens with one attached hydrogen (secondary N) is 2. The lowest BCUT2D eigenvalue weighted by atomic mass is 9.91. The number of aliphatic hydroxyl groups excluding tert-OH is 1. The molecule has 78 heavy (non-hydrogen) atoms. The van der Waals surface area contributed by atoms with E-state index in [1.165, 1.54) is 68.9 Å². The zero-order valence-corrected chi connectivity index (χ0v) is 51.5. The maximum Gasteiger partial charge on any atom is 0.325 e. The number of nitrogens with zero attached hydrogens (tertiary/aromatic N) is 6. The number of esters is 1. The number of allylic oxidation sites excluding steroid dienone is 2. The van der Waals surface area contributed by atoms with Crippen molar-refractivity contribution >= 4 is 59.0 Å². The monoisotopic (exact) mass is 1110 g/mol. The molecule has 0 aromatic carbocycles. The molecule has 0 aliphatic carbocycles. The van der Waals surface area contributed by atoms with Gasteiger partial charge in [-0.1, -0.05) is 102 Å². The highest BCUT2D eigenvalue weighted by atomic mass is 16.5. The molecule has 11 atom stereocenters. The molecule has 0 fully saturated rings. The zero-order chi connectivity index (χ0) is 61.0. The number of hydrogen-bond acceptors (Lipinski definition) is 13. The zero-order valence-electron chi connectivity index (χ0n) is 51.5. The summed E-state index contributed by atoms with van der Waals surface area (Å²) in [6, 6.07) is -8.92. The SMILES string of the molecule is C/C=C/C[C@@H](C)[C@@H](O)[C@@H](C(=O)N[C@@H](CC)C(=O)N(C)CC(=O)OC)N(C)C(=O)[C@H](C(C)C)N(C)C(=O)[C@H](CC(C)C)N(C)C(=O)[C@H](CC(C)C)N(C)C(=O)[C@@H](C)NC(=O)[C@H](C)CC(=O)[C@H](CC(C)C)N(C)C(=O)[C@@H](N)C(C)C. The summed E-state index contributed by atoms with van der Waals surface area (Å²) in [5.41, 5.74) is 6.15. The minimum Gasteiger partial charge on any atom is -0.468 e. The van der Waals surface area contributed by atoms with Gasteiger partial charge in [0, 0.05) is 54.6 Å². The minimum atomic E-state index is -1.55. The summed E-state index contributed by atoms with van der Waals surface area (Å²) in [6.45, 7) is 26.3. The lowest BCUT2D eigenvalue weighted by Crippen LogP contribution is -2.63. The van der Waals surface area contributed by atoms with Gasteiger partial charge in [-0.3, -0.25) is 47.9 Å². The predicted molar refractivity (Wildman–Crippen MR) is 302 cm³/mol. The van der Waals surface area contributed by atoms with Gasteiger partial charge in [-0.2, -0.15) is 0 Å². The van der Waals surface area contributed by atoms with Gasteiger partial charge in [0.25, 0.3) is 0 Å². The van der Waals surface area contributed by atoms with Crippen LogP contribution in [0.1, 0.15) is 142 Å². The van der Waals surface area contributed by atoms with Crippen molar-refractivity contribution in [3.05, 3.63) is 12.2 Å². The molecule has 8 amide bonds. The number of hydrogen-bond donors (Lipinski definition) is 4. The van der Waals surface area contributed by atoms with Gasteiger partial charge in [-0.15, -0.1) is 0 Å². The van der Waals surface area contributed by atoms with Crippen molar-refractivity contribution in [1.82, 2.24) is 40.0 Å². The largest absolute Gasteiger partial charge is 0.468 e.